The molecule has 2 rings (SSSR count). The highest BCUT2D eigenvalue weighted by Crippen LogP contribution is 2.23. The molecule has 0 aliphatic rings. The normalized spacial score (nSPS) is 12.3. The molecule has 0 aliphatic carbocycles. The summed E-state index contributed by atoms with van der Waals surface area (Å²) in [6.07, 6.45) is 0. The summed E-state index contributed by atoms with van der Waals surface area (Å²) in [4.78, 5) is 10.7. The molecule has 2 N–H and O–H groups in total. The number of hydrogen-bond acceptors (Lipinski definition) is 3. The van der Waals surface area contributed by atoms with Gasteiger partial charge in [0, 0.05) is 10.6 Å². The fourth-order valence-electron chi connectivity index (χ4n) is 1.58. The Morgan fingerprint density at radius 1 is 1.32 bits per heavy atom. The van der Waals surface area contributed by atoms with E-state index >= 15 is 0 Å². The number of benzene rings is 1. The molecule has 0 bridgehead atoms. The Hall–Kier alpha value is -1.78. The number of hydrogen-bond donors (Lipinski definition) is 2. The Bertz CT molecular complexity index is 562. The van der Waals surface area contributed by atoms with Gasteiger partial charge in [0.25, 0.3) is 0 Å². The van der Waals surface area contributed by atoms with Gasteiger partial charge in [-0.2, -0.15) is 0 Å². The molecule has 0 spiro atoms. The number of carboxylic acid groups (broad SMARTS) is 1. The third-order valence-electron chi connectivity index (χ3n) is 2.74. The van der Waals surface area contributed by atoms with Crippen molar-refractivity contribution in [2.24, 2.45) is 0 Å². The fourth-order valence-corrected chi connectivity index (χ4v) is 1.71. The molecular weight excluding hydrogens is 266 g/mol. The summed E-state index contributed by atoms with van der Waals surface area (Å²) in [7, 11) is 0. The monoisotopic (exact) mass is 279 g/mol. The van der Waals surface area contributed by atoms with E-state index in [0.29, 0.717) is 17.3 Å². The van der Waals surface area contributed by atoms with Crippen molar-refractivity contribution in [3.8, 4) is 11.3 Å². The largest absolute Gasteiger partial charge is 0.480 e. The molecule has 1 heterocycles. The molecule has 0 aliphatic heterocycles. The summed E-state index contributed by atoms with van der Waals surface area (Å²) in [5.74, 6) is 0.541. The number of aliphatic carboxylic acids is 1. The minimum absolute atomic E-state index is 0.376. The van der Waals surface area contributed by atoms with E-state index in [1.54, 1.807) is 19.1 Å². The van der Waals surface area contributed by atoms with Gasteiger partial charge in [0.05, 0.1) is 6.54 Å². The average molecular weight is 280 g/mol. The van der Waals surface area contributed by atoms with Crippen LogP contribution in [0.25, 0.3) is 11.3 Å². The first-order valence-corrected chi connectivity index (χ1v) is 6.25. The SMILES string of the molecule is CC(NCc1ccc(-c2ccc(Cl)cc2)o1)C(=O)O. The lowest BCUT2D eigenvalue weighted by molar-refractivity contribution is -0.139. The van der Waals surface area contributed by atoms with E-state index in [9.17, 15) is 4.79 Å². The molecular formula is C14H14ClNO3. The van der Waals surface area contributed by atoms with Crippen LogP contribution in [0.15, 0.2) is 40.8 Å². The summed E-state index contributed by atoms with van der Waals surface area (Å²) < 4.78 is 5.64. The van der Waals surface area contributed by atoms with Gasteiger partial charge in [0.15, 0.2) is 0 Å². The maximum absolute atomic E-state index is 10.7. The lowest BCUT2D eigenvalue weighted by atomic mass is 10.2. The highest BCUT2D eigenvalue weighted by atomic mass is 35.5. The van der Waals surface area contributed by atoms with Crippen molar-refractivity contribution in [1.82, 2.24) is 5.32 Å². The number of nitrogens with one attached hydrogen (secondary N) is 1. The third-order valence-corrected chi connectivity index (χ3v) is 3.00. The summed E-state index contributed by atoms with van der Waals surface area (Å²) in [6.45, 7) is 1.96. The van der Waals surface area contributed by atoms with Crippen LogP contribution < -0.4 is 5.32 Å². The van der Waals surface area contributed by atoms with Crippen LogP contribution >= 0.6 is 11.6 Å². The second-order valence-corrected chi connectivity index (χ2v) is 4.65. The molecule has 100 valence electrons. The fraction of sp³-hybridized carbons (Fsp3) is 0.214. The topological polar surface area (TPSA) is 62.5 Å². The number of rotatable bonds is 5. The molecule has 1 atom stereocenters. The number of carboxylic acids is 1. The van der Waals surface area contributed by atoms with E-state index in [-0.39, 0.29) is 0 Å². The van der Waals surface area contributed by atoms with Crippen LogP contribution in [0.1, 0.15) is 12.7 Å². The van der Waals surface area contributed by atoms with Crippen LogP contribution in [0.4, 0.5) is 0 Å². The van der Waals surface area contributed by atoms with Gasteiger partial charge in [-0.1, -0.05) is 11.6 Å². The molecule has 0 fully saturated rings. The van der Waals surface area contributed by atoms with Crippen LogP contribution in [-0.4, -0.2) is 17.1 Å². The van der Waals surface area contributed by atoms with Gasteiger partial charge < -0.3 is 9.52 Å². The minimum atomic E-state index is -0.885. The van der Waals surface area contributed by atoms with E-state index in [1.807, 2.05) is 24.3 Å². The maximum atomic E-state index is 10.7. The molecule has 19 heavy (non-hydrogen) atoms. The van der Waals surface area contributed by atoms with E-state index in [1.165, 1.54) is 0 Å². The molecule has 2 aromatic rings. The maximum Gasteiger partial charge on any atom is 0.320 e. The van der Waals surface area contributed by atoms with Crippen LogP contribution in [0.5, 0.6) is 0 Å². The predicted molar refractivity (Wildman–Crippen MR) is 73.1 cm³/mol. The highest BCUT2D eigenvalue weighted by molar-refractivity contribution is 6.30. The van der Waals surface area contributed by atoms with Gasteiger partial charge in [-0.15, -0.1) is 0 Å². The summed E-state index contributed by atoms with van der Waals surface area (Å²) in [5, 5.41) is 12.3. The van der Waals surface area contributed by atoms with Gasteiger partial charge in [-0.3, -0.25) is 10.1 Å². The molecule has 0 saturated heterocycles. The van der Waals surface area contributed by atoms with E-state index < -0.39 is 12.0 Å². The van der Waals surface area contributed by atoms with Gasteiger partial charge >= 0.3 is 5.97 Å². The predicted octanol–water partition coefficient (Wildman–Crippen LogP) is 3.16. The van der Waals surface area contributed by atoms with E-state index in [0.717, 1.165) is 11.3 Å². The molecule has 1 aromatic carbocycles. The number of halogens is 1. The van der Waals surface area contributed by atoms with Crippen LogP contribution in [0, 0.1) is 0 Å². The molecule has 0 amide bonds. The van der Waals surface area contributed by atoms with Crippen molar-refractivity contribution in [3.63, 3.8) is 0 Å². The second-order valence-electron chi connectivity index (χ2n) is 4.21. The first kappa shape index (κ1) is 13.6. The van der Waals surface area contributed by atoms with Crippen molar-refractivity contribution in [1.29, 1.82) is 0 Å². The Morgan fingerprint density at radius 2 is 2.00 bits per heavy atom. The van der Waals surface area contributed by atoms with Crippen molar-refractivity contribution in [2.45, 2.75) is 19.5 Å². The van der Waals surface area contributed by atoms with Gasteiger partial charge in [0.1, 0.15) is 17.6 Å². The van der Waals surface area contributed by atoms with Crippen molar-refractivity contribution < 1.29 is 14.3 Å². The lowest BCUT2D eigenvalue weighted by Crippen LogP contribution is -2.32. The minimum Gasteiger partial charge on any atom is -0.480 e. The Morgan fingerprint density at radius 3 is 2.63 bits per heavy atom. The molecule has 0 radical (unpaired) electrons. The number of furan rings is 1. The first-order chi connectivity index (χ1) is 9.06. The quantitative estimate of drug-likeness (QED) is 0.882. The molecule has 5 heteroatoms. The smallest absolute Gasteiger partial charge is 0.320 e. The van der Waals surface area contributed by atoms with Gasteiger partial charge in [0.2, 0.25) is 0 Å². The Balaban J connectivity index is 2.03. The molecule has 1 aromatic heterocycles. The zero-order chi connectivity index (χ0) is 13.8. The van der Waals surface area contributed by atoms with Gasteiger partial charge in [-0.05, 0) is 43.3 Å². The Kier molecular flexibility index (Phi) is 4.24. The molecule has 1 unspecified atom stereocenters. The zero-order valence-electron chi connectivity index (χ0n) is 10.4. The van der Waals surface area contributed by atoms with Crippen LogP contribution in [-0.2, 0) is 11.3 Å². The van der Waals surface area contributed by atoms with Crippen LogP contribution in [0.2, 0.25) is 5.02 Å². The summed E-state index contributed by atoms with van der Waals surface area (Å²) in [5.41, 5.74) is 0.932. The highest BCUT2D eigenvalue weighted by Gasteiger charge is 2.11. The third kappa shape index (κ3) is 3.59. The molecule has 0 saturated carbocycles. The van der Waals surface area contributed by atoms with Crippen LogP contribution in [0.3, 0.4) is 0 Å². The van der Waals surface area contributed by atoms with Crippen molar-refractivity contribution in [2.75, 3.05) is 0 Å². The van der Waals surface area contributed by atoms with Gasteiger partial charge in [-0.25, -0.2) is 0 Å². The molecule has 4 nitrogen and oxygen atoms in total. The van der Waals surface area contributed by atoms with E-state index in [2.05, 4.69) is 5.32 Å². The average Bonchev–Trinajstić information content (AvgIpc) is 2.85. The van der Waals surface area contributed by atoms with Crippen molar-refractivity contribution >= 4 is 17.6 Å². The summed E-state index contributed by atoms with van der Waals surface area (Å²) in [6, 6.07) is 10.4. The van der Waals surface area contributed by atoms with Crippen molar-refractivity contribution in [3.05, 3.63) is 47.2 Å². The number of carbonyl (C=O) groups is 1. The zero-order valence-corrected chi connectivity index (χ0v) is 11.1. The van der Waals surface area contributed by atoms with E-state index in [4.69, 9.17) is 21.1 Å². The Labute approximate surface area is 116 Å². The summed E-state index contributed by atoms with van der Waals surface area (Å²) >= 11 is 5.82. The second kappa shape index (κ2) is 5.91. The standard InChI is InChI=1S/C14H14ClNO3/c1-9(14(17)18)16-8-12-6-7-13(19-12)10-2-4-11(15)5-3-10/h2-7,9,16H,8H2,1H3,(H,17,18). The lowest BCUT2D eigenvalue weighted by Gasteiger charge is -2.06. The first-order valence-electron chi connectivity index (χ1n) is 5.87.